The Morgan fingerprint density at radius 3 is 1.55 bits per heavy atom. The number of allylic oxidation sites excluding steroid dienone is 1. The normalized spacial score (nSPS) is 51.0. The number of carbonyl (C=O) groups is 1. The quantitative estimate of drug-likeness (QED) is 0.0520. The number of hydrogen-bond donors (Lipinski definition) is 17. The zero-order chi connectivity index (χ0) is 65.5. The fraction of sp³-hybridized carbons (Fsp3) is 0.951. The molecular weight excluding hydrogens is 1180 g/mol. The van der Waals surface area contributed by atoms with Crippen LogP contribution in [0.1, 0.15) is 120 Å². The number of rotatable bonds is 20. The largest absolute Gasteiger partial charge is 0.394 e. The van der Waals surface area contributed by atoms with Crippen LogP contribution >= 0.6 is 0 Å². The van der Waals surface area contributed by atoms with E-state index in [9.17, 15) is 86.8 Å². The molecular formula is C61H102O28. The Bertz CT molecular complexity index is 2390. The molecule has 3 saturated carbocycles. The van der Waals surface area contributed by atoms with Crippen LogP contribution in [0.5, 0.6) is 0 Å². The molecule has 0 aromatic carbocycles. The van der Waals surface area contributed by atoms with Crippen molar-refractivity contribution in [1.29, 1.82) is 0 Å². The Balaban J connectivity index is 0.884. The van der Waals surface area contributed by atoms with Gasteiger partial charge in [0.15, 0.2) is 31.5 Å². The fourth-order valence-electron chi connectivity index (χ4n) is 16.9. The molecule has 0 aromatic heterocycles. The lowest BCUT2D eigenvalue weighted by atomic mass is 9.38. The summed E-state index contributed by atoms with van der Waals surface area (Å²) in [7, 11) is 0. The van der Waals surface area contributed by atoms with E-state index in [2.05, 4.69) is 33.8 Å². The van der Waals surface area contributed by atoms with Gasteiger partial charge in [0.1, 0.15) is 122 Å². The molecule has 5 aliphatic heterocycles. The summed E-state index contributed by atoms with van der Waals surface area (Å²) in [6, 6.07) is 0. The average molecular weight is 1280 g/mol. The van der Waals surface area contributed by atoms with Gasteiger partial charge < -0.3 is 134 Å². The summed E-state index contributed by atoms with van der Waals surface area (Å²) in [5.41, 5.74) is -2.88. The molecule has 0 aromatic rings. The maximum absolute atomic E-state index is 15.4. The van der Waals surface area contributed by atoms with Gasteiger partial charge in [-0.15, -0.1) is 0 Å². The fourth-order valence-corrected chi connectivity index (χ4v) is 16.9. The Morgan fingerprint density at radius 1 is 0.562 bits per heavy atom. The van der Waals surface area contributed by atoms with Crippen LogP contribution in [-0.4, -0.2) is 290 Å². The van der Waals surface area contributed by atoms with Crippen molar-refractivity contribution >= 4 is 5.78 Å². The number of hydrogen-bond acceptors (Lipinski definition) is 28. The Hall–Kier alpha value is -1.67. The van der Waals surface area contributed by atoms with Gasteiger partial charge in [-0.1, -0.05) is 60.1 Å². The lowest BCUT2D eigenvalue weighted by molar-refractivity contribution is -0.380. The molecule has 89 heavy (non-hydrogen) atoms. The maximum Gasteiger partial charge on any atom is 0.187 e. The van der Waals surface area contributed by atoms with E-state index in [-0.39, 0.29) is 47.7 Å². The van der Waals surface area contributed by atoms with E-state index in [4.69, 9.17) is 47.4 Å². The molecule has 34 atom stereocenters. The summed E-state index contributed by atoms with van der Waals surface area (Å²) < 4.78 is 59.8. The number of aliphatic hydroxyl groups excluding tert-OH is 16. The number of ketones is 1. The standard InChI is InChI=1S/C61H102O28/c1-10-28-37(65)42(70)47(75)52(82-28)80-23-32-41(69)46(74)51(89-55-50(78)44(72)39(67)30(21-63)84-55)56(86-32)88-36(58(5,6)79)15-11-24(2)25-17-18-59(7)33-14-12-26-27(61(33,9)34(64)19-60(25,59)8)13-16-35(57(26,3)4)87-54-49(77)45(73)40(68)31(85-54)22-81-53-48(76)43(71)38(66)29(20-62)83-53/h12,24-25,27-33,35-56,62-63,65-79H,10-11,13-23H2,1-9H3. The van der Waals surface area contributed by atoms with Crippen LogP contribution in [0, 0.1) is 45.3 Å². The van der Waals surface area contributed by atoms with Gasteiger partial charge in [0.2, 0.25) is 0 Å². The van der Waals surface area contributed by atoms with Crippen molar-refractivity contribution in [2.24, 2.45) is 45.3 Å². The maximum atomic E-state index is 15.4. The highest BCUT2D eigenvalue weighted by atomic mass is 16.8. The monoisotopic (exact) mass is 1280 g/mol. The van der Waals surface area contributed by atoms with Crippen molar-refractivity contribution in [3.05, 3.63) is 11.6 Å². The van der Waals surface area contributed by atoms with Gasteiger partial charge in [-0.05, 0) is 99.7 Å². The first-order valence-electron chi connectivity index (χ1n) is 31.8. The third kappa shape index (κ3) is 13.0. The summed E-state index contributed by atoms with van der Waals surface area (Å²) in [5, 5.41) is 183. The first-order valence-corrected chi connectivity index (χ1v) is 31.8. The van der Waals surface area contributed by atoms with Gasteiger partial charge in [-0.25, -0.2) is 0 Å². The van der Waals surface area contributed by atoms with E-state index in [1.807, 2.05) is 13.8 Å². The number of aliphatic hydroxyl groups is 17. The zero-order valence-electron chi connectivity index (χ0n) is 52.3. The summed E-state index contributed by atoms with van der Waals surface area (Å²) in [4.78, 5) is 15.4. The number of ether oxygens (including phenoxy) is 10. The van der Waals surface area contributed by atoms with E-state index in [1.165, 1.54) is 13.8 Å². The Morgan fingerprint density at radius 2 is 1.02 bits per heavy atom. The van der Waals surface area contributed by atoms with E-state index in [1.54, 1.807) is 6.92 Å². The van der Waals surface area contributed by atoms with Crippen LogP contribution in [0.3, 0.4) is 0 Å². The van der Waals surface area contributed by atoms with Gasteiger partial charge in [0.05, 0.1) is 50.3 Å². The molecule has 4 aliphatic carbocycles. The van der Waals surface area contributed by atoms with Crippen molar-refractivity contribution in [2.45, 2.75) is 291 Å². The topological polar surface area (TPSA) is 453 Å². The lowest BCUT2D eigenvalue weighted by Crippen LogP contribution is -2.65. The first kappa shape index (κ1) is 71.6. The second-order valence-corrected chi connectivity index (χ2v) is 28.7. The van der Waals surface area contributed by atoms with Gasteiger partial charge >= 0.3 is 0 Å². The lowest BCUT2D eigenvalue weighted by Gasteiger charge is -2.65. The van der Waals surface area contributed by atoms with E-state index >= 15 is 4.79 Å². The van der Waals surface area contributed by atoms with Crippen LogP contribution in [0.2, 0.25) is 0 Å². The molecule has 0 spiro atoms. The zero-order valence-corrected chi connectivity index (χ0v) is 52.3. The molecule has 5 heterocycles. The molecule has 34 unspecified atom stereocenters. The molecule has 28 nitrogen and oxygen atoms in total. The van der Waals surface area contributed by atoms with Crippen molar-refractivity contribution in [3.63, 3.8) is 0 Å². The third-order valence-electron chi connectivity index (χ3n) is 22.8. The SMILES string of the molecule is CCC1OC(OCC2OC(OC(CCC(C)C3CCC4(C)C5CC=C6C(CCC(OC7OC(COC8OC(CO)C(O)C(O)C8O)C(O)C(O)C7O)C6(C)C)C5(C)C(=O)CC34C)C(C)(C)O)C(OC3OC(CO)C(O)C(O)C3O)C(O)C2O)C(O)C(O)C1O. The predicted octanol–water partition coefficient (Wildman–Crippen LogP) is -3.78. The van der Waals surface area contributed by atoms with E-state index < -0.39 is 214 Å². The molecule has 8 fully saturated rings. The summed E-state index contributed by atoms with van der Waals surface area (Å²) in [6.45, 7) is 14.9. The summed E-state index contributed by atoms with van der Waals surface area (Å²) in [5.74, 6) is -0.114. The highest BCUT2D eigenvalue weighted by Crippen LogP contribution is 2.74. The average Bonchev–Trinajstić information content (AvgIpc) is 1.66. The van der Waals surface area contributed by atoms with Crippen LogP contribution in [0.4, 0.5) is 0 Å². The second-order valence-electron chi connectivity index (χ2n) is 28.7. The van der Waals surface area contributed by atoms with Crippen LogP contribution in [0.25, 0.3) is 0 Å². The molecule has 0 amide bonds. The van der Waals surface area contributed by atoms with Gasteiger partial charge in [-0.2, -0.15) is 0 Å². The van der Waals surface area contributed by atoms with Gasteiger partial charge in [-0.3, -0.25) is 4.79 Å². The van der Waals surface area contributed by atoms with Crippen molar-refractivity contribution in [1.82, 2.24) is 0 Å². The molecule has 28 heteroatoms. The minimum Gasteiger partial charge on any atom is -0.394 e. The Labute approximate surface area is 518 Å². The van der Waals surface area contributed by atoms with E-state index in [0.717, 1.165) is 18.4 Å². The predicted molar refractivity (Wildman–Crippen MR) is 302 cm³/mol. The van der Waals surface area contributed by atoms with Crippen LogP contribution in [0.15, 0.2) is 11.6 Å². The number of Topliss-reactive ketones (excluding diaryl/α,β-unsaturated/α-hetero) is 1. The van der Waals surface area contributed by atoms with Gasteiger partial charge in [0.25, 0.3) is 0 Å². The number of carbonyl (C=O) groups excluding carboxylic acids is 1. The summed E-state index contributed by atoms with van der Waals surface area (Å²) in [6.07, 6.45) is -35.5. The second kappa shape index (κ2) is 27.4. The van der Waals surface area contributed by atoms with Crippen molar-refractivity contribution in [2.75, 3.05) is 26.4 Å². The van der Waals surface area contributed by atoms with Crippen molar-refractivity contribution < 1.29 is 139 Å². The highest BCUT2D eigenvalue weighted by Gasteiger charge is 2.71. The molecule has 514 valence electrons. The molecule has 9 rings (SSSR count). The van der Waals surface area contributed by atoms with Crippen molar-refractivity contribution in [3.8, 4) is 0 Å². The van der Waals surface area contributed by atoms with E-state index in [0.29, 0.717) is 32.1 Å². The Kier molecular flexibility index (Phi) is 22.1. The summed E-state index contributed by atoms with van der Waals surface area (Å²) >= 11 is 0. The van der Waals surface area contributed by atoms with Crippen LogP contribution in [-0.2, 0) is 52.2 Å². The first-order chi connectivity index (χ1) is 41.6. The minimum atomic E-state index is -1.94. The molecule has 17 N–H and O–H groups in total. The minimum absolute atomic E-state index is 0.0209. The molecule has 9 aliphatic rings. The third-order valence-corrected chi connectivity index (χ3v) is 22.8. The molecule has 0 radical (unpaired) electrons. The molecule has 0 bridgehead atoms. The molecule has 5 saturated heterocycles. The highest BCUT2D eigenvalue weighted by molar-refractivity contribution is 5.88. The van der Waals surface area contributed by atoms with Crippen LogP contribution < -0.4 is 0 Å². The smallest absolute Gasteiger partial charge is 0.187 e. The number of fused-ring (bicyclic) bond motifs is 5. The van der Waals surface area contributed by atoms with Gasteiger partial charge in [0, 0.05) is 17.3 Å².